The van der Waals surface area contributed by atoms with Gasteiger partial charge in [-0.3, -0.25) is 14.4 Å². The topological polar surface area (TPSA) is 97.1 Å². The number of carbonyl (C=O) groups is 2. The van der Waals surface area contributed by atoms with Crippen molar-refractivity contribution in [2.75, 3.05) is 39.4 Å². The largest absolute Gasteiger partial charge is 0.490 e. The molecular weight excluding hydrogens is 445 g/mol. The van der Waals surface area contributed by atoms with Crippen molar-refractivity contribution in [2.45, 2.75) is 57.0 Å². The molecule has 1 spiro atoms. The summed E-state index contributed by atoms with van der Waals surface area (Å²) in [5.74, 6) is -2.61. The molecule has 4 heterocycles. The Morgan fingerprint density at radius 1 is 1.30 bits per heavy atom. The van der Waals surface area contributed by atoms with Gasteiger partial charge in [-0.05, 0) is 32.3 Å². The lowest BCUT2D eigenvalue weighted by molar-refractivity contribution is -0.200. The molecule has 1 unspecified atom stereocenters. The molecule has 1 N–H and O–H groups in total. The normalized spacial score (nSPS) is 22.6. The van der Waals surface area contributed by atoms with Crippen LogP contribution in [0.3, 0.4) is 0 Å². The lowest BCUT2D eigenvalue weighted by Gasteiger charge is -2.53. The maximum Gasteiger partial charge on any atom is 0.490 e. The molecule has 0 saturated carbocycles. The first kappa shape index (κ1) is 25.4. The third-order valence-corrected chi connectivity index (χ3v) is 6.10. The van der Waals surface area contributed by atoms with Crippen LogP contribution in [0.2, 0.25) is 0 Å². The number of carboxylic acid groups (broad SMARTS) is 1. The Morgan fingerprint density at radius 2 is 1.94 bits per heavy atom. The molecule has 3 aliphatic heterocycles. The number of alkyl halides is 3. The molecule has 1 aromatic rings. The Balaban J connectivity index is 0.000000383. The van der Waals surface area contributed by atoms with Gasteiger partial charge in [0.15, 0.2) is 0 Å². The number of carboxylic acids is 1. The molecule has 186 valence electrons. The van der Waals surface area contributed by atoms with Crippen molar-refractivity contribution in [2.24, 2.45) is 7.05 Å². The molecular formula is C21H31F3N4O5. The molecule has 33 heavy (non-hydrogen) atoms. The molecule has 1 aromatic heterocycles. The van der Waals surface area contributed by atoms with E-state index in [4.69, 9.17) is 19.4 Å². The standard InChI is InChI=1S/C19H30N4O3.C2HF3O2/c1-15-9-16(21(2)20-15)11-22-13-19(14-22)10-17(5-8-26-19)25-12-18(24)23-6-3-4-7-23;3-2(4,5)1(6)7/h9,17H,3-8,10-14H2,1-2H3;(H,6,7). The molecule has 0 aromatic carbocycles. The van der Waals surface area contributed by atoms with Gasteiger partial charge in [-0.2, -0.15) is 18.3 Å². The van der Waals surface area contributed by atoms with Crippen molar-refractivity contribution in [3.05, 3.63) is 17.5 Å². The minimum atomic E-state index is -5.08. The van der Waals surface area contributed by atoms with Crippen molar-refractivity contribution >= 4 is 11.9 Å². The molecule has 4 rings (SSSR count). The van der Waals surface area contributed by atoms with Crippen LogP contribution in [0, 0.1) is 6.92 Å². The van der Waals surface area contributed by atoms with E-state index in [2.05, 4.69) is 16.1 Å². The zero-order valence-electron chi connectivity index (χ0n) is 18.9. The molecule has 3 aliphatic rings. The minimum Gasteiger partial charge on any atom is -0.475 e. The molecule has 9 nitrogen and oxygen atoms in total. The Morgan fingerprint density at radius 3 is 2.48 bits per heavy atom. The third kappa shape index (κ3) is 6.90. The van der Waals surface area contributed by atoms with Crippen LogP contribution in [-0.2, 0) is 32.7 Å². The van der Waals surface area contributed by atoms with Crippen molar-refractivity contribution in [3.8, 4) is 0 Å². The molecule has 12 heteroatoms. The van der Waals surface area contributed by atoms with E-state index in [0.29, 0.717) is 0 Å². The molecule has 0 aliphatic carbocycles. The fourth-order valence-corrected chi connectivity index (χ4v) is 4.51. The Bertz CT molecular complexity index is 832. The van der Waals surface area contributed by atoms with Gasteiger partial charge in [-0.25, -0.2) is 4.79 Å². The van der Waals surface area contributed by atoms with Crippen LogP contribution in [0.25, 0.3) is 0 Å². The maximum absolute atomic E-state index is 12.2. The SMILES string of the molecule is Cc1cc(CN2CC3(CC(OCC(=O)N4CCCC4)CCO3)C2)n(C)n1.O=C(O)C(F)(F)F. The second kappa shape index (κ2) is 10.4. The van der Waals surface area contributed by atoms with Gasteiger partial charge in [0.25, 0.3) is 0 Å². The van der Waals surface area contributed by atoms with Crippen LogP contribution in [0.15, 0.2) is 6.07 Å². The maximum atomic E-state index is 12.2. The summed E-state index contributed by atoms with van der Waals surface area (Å²) in [4.78, 5) is 25.4. The smallest absolute Gasteiger partial charge is 0.475 e. The van der Waals surface area contributed by atoms with E-state index in [9.17, 15) is 18.0 Å². The minimum absolute atomic E-state index is 0.0900. The summed E-state index contributed by atoms with van der Waals surface area (Å²) in [7, 11) is 2.00. The number of aliphatic carboxylic acids is 1. The summed E-state index contributed by atoms with van der Waals surface area (Å²) < 4.78 is 45.8. The first-order valence-electron chi connectivity index (χ1n) is 11.0. The molecule has 3 fully saturated rings. The fourth-order valence-electron chi connectivity index (χ4n) is 4.51. The Kier molecular flexibility index (Phi) is 8.01. The van der Waals surface area contributed by atoms with Crippen LogP contribution in [0.1, 0.15) is 37.1 Å². The van der Waals surface area contributed by atoms with Gasteiger partial charge in [0, 0.05) is 52.8 Å². The summed E-state index contributed by atoms with van der Waals surface area (Å²) in [5, 5.41) is 11.5. The van der Waals surface area contributed by atoms with Gasteiger partial charge in [0.05, 0.1) is 23.1 Å². The van der Waals surface area contributed by atoms with Crippen LogP contribution < -0.4 is 0 Å². The molecule has 3 saturated heterocycles. The highest BCUT2D eigenvalue weighted by Gasteiger charge is 2.48. The number of hydrogen-bond donors (Lipinski definition) is 1. The highest BCUT2D eigenvalue weighted by molar-refractivity contribution is 5.77. The molecule has 0 radical (unpaired) electrons. The van der Waals surface area contributed by atoms with Crippen molar-refractivity contribution in [1.82, 2.24) is 19.6 Å². The van der Waals surface area contributed by atoms with E-state index in [1.807, 2.05) is 23.6 Å². The van der Waals surface area contributed by atoms with E-state index in [1.54, 1.807) is 0 Å². The summed E-state index contributed by atoms with van der Waals surface area (Å²) in [6.45, 7) is 7.51. The van der Waals surface area contributed by atoms with E-state index in [0.717, 1.165) is 70.7 Å². The van der Waals surface area contributed by atoms with Gasteiger partial charge in [-0.15, -0.1) is 0 Å². The Hall–Kier alpha value is -2.18. The van der Waals surface area contributed by atoms with Gasteiger partial charge in [0.1, 0.15) is 6.61 Å². The zero-order valence-corrected chi connectivity index (χ0v) is 18.9. The second-order valence-corrected chi connectivity index (χ2v) is 8.89. The quantitative estimate of drug-likeness (QED) is 0.691. The van der Waals surface area contributed by atoms with E-state index in [1.165, 1.54) is 5.69 Å². The van der Waals surface area contributed by atoms with Crippen LogP contribution in [0.5, 0.6) is 0 Å². The average Bonchev–Trinajstić information content (AvgIpc) is 3.35. The zero-order chi connectivity index (χ0) is 24.2. The number of amides is 1. The fraction of sp³-hybridized carbons (Fsp3) is 0.762. The average molecular weight is 476 g/mol. The predicted octanol–water partition coefficient (Wildman–Crippen LogP) is 1.73. The van der Waals surface area contributed by atoms with Crippen LogP contribution >= 0.6 is 0 Å². The number of aromatic nitrogens is 2. The van der Waals surface area contributed by atoms with E-state index in [-0.39, 0.29) is 24.2 Å². The van der Waals surface area contributed by atoms with E-state index < -0.39 is 12.1 Å². The van der Waals surface area contributed by atoms with Gasteiger partial charge in [-0.1, -0.05) is 0 Å². The molecule has 1 atom stereocenters. The number of rotatable bonds is 5. The number of hydrogen-bond acceptors (Lipinski definition) is 6. The number of ether oxygens (including phenoxy) is 2. The summed E-state index contributed by atoms with van der Waals surface area (Å²) in [5.41, 5.74) is 2.20. The number of aryl methyl sites for hydroxylation is 2. The molecule has 1 amide bonds. The highest BCUT2D eigenvalue weighted by Crippen LogP contribution is 2.36. The van der Waals surface area contributed by atoms with Crippen molar-refractivity contribution < 1.29 is 37.3 Å². The number of halogens is 3. The summed E-state index contributed by atoms with van der Waals surface area (Å²) >= 11 is 0. The lowest BCUT2D eigenvalue weighted by Crippen LogP contribution is -2.65. The van der Waals surface area contributed by atoms with Gasteiger partial charge in [0.2, 0.25) is 5.91 Å². The van der Waals surface area contributed by atoms with Crippen molar-refractivity contribution in [3.63, 3.8) is 0 Å². The first-order valence-corrected chi connectivity index (χ1v) is 11.0. The van der Waals surface area contributed by atoms with Gasteiger partial charge >= 0.3 is 12.1 Å². The lowest BCUT2D eigenvalue weighted by atomic mass is 9.84. The monoisotopic (exact) mass is 476 g/mol. The van der Waals surface area contributed by atoms with Crippen molar-refractivity contribution in [1.29, 1.82) is 0 Å². The van der Waals surface area contributed by atoms with E-state index >= 15 is 0 Å². The summed E-state index contributed by atoms with van der Waals surface area (Å²) in [6, 6.07) is 2.14. The number of carbonyl (C=O) groups excluding carboxylic acids is 1. The van der Waals surface area contributed by atoms with Gasteiger partial charge < -0.3 is 19.5 Å². The molecule has 0 bridgehead atoms. The van der Waals surface area contributed by atoms with Crippen LogP contribution in [0.4, 0.5) is 13.2 Å². The van der Waals surface area contributed by atoms with Crippen LogP contribution in [-0.4, -0.2) is 93.8 Å². The summed E-state index contributed by atoms with van der Waals surface area (Å²) in [6.07, 6.45) is -0.927. The predicted molar refractivity (Wildman–Crippen MR) is 110 cm³/mol. The number of nitrogens with zero attached hydrogens (tertiary/aromatic N) is 4. The first-order chi connectivity index (χ1) is 15.5. The second-order valence-electron chi connectivity index (χ2n) is 8.89. The number of likely N-dealkylation sites (tertiary alicyclic amines) is 2. The highest BCUT2D eigenvalue weighted by atomic mass is 19.4. The third-order valence-electron chi connectivity index (χ3n) is 6.10. The Labute approximate surface area is 190 Å².